The van der Waals surface area contributed by atoms with E-state index in [0.717, 1.165) is 30.4 Å². The van der Waals surface area contributed by atoms with Crippen LogP contribution in [0.25, 0.3) is 11.1 Å². The molecule has 3 nitrogen and oxygen atoms in total. The van der Waals surface area contributed by atoms with Gasteiger partial charge in [0.2, 0.25) is 0 Å². The van der Waals surface area contributed by atoms with Gasteiger partial charge in [-0.25, -0.2) is 8.42 Å². The van der Waals surface area contributed by atoms with Crippen molar-refractivity contribution < 1.29 is 42.5 Å². The minimum Gasteiger partial charge on any atom is -0.744 e. The van der Waals surface area contributed by atoms with Gasteiger partial charge in [-0.15, -0.1) is 0 Å². The molecule has 184 valence electrons. The van der Waals surface area contributed by atoms with E-state index in [1.54, 1.807) is 6.07 Å². The summed E-state index contributed by atoms with van der Waals surface area (Å²) in [5, 5.41) is 0. The SMILES string of the molecule is CCCCCCCCCCCCCCCCCc1cccc(S(=O)(=O)[O-])c1-c1ccccc1.[Na+]. The summed E-state index contributed by atoms with van der Waals surface area (Å²) in [6.07, 6.45) is 20.6. The van der Waals surface area contributed by atoms with Gasteiger partial charge in [-0.05, 0) is 30.0 Å². The molecule has 0 aromatic heterocycles. The average molecular weight is 495 g/mol. The predicted octanol–water partition coefficient (Wildman–Crippen LogP) is 5.68. The average Bonchev–Trinajstić information content (AvgIpc) is 2.81. The molecule has 2 aromatic carbocycles. The Hall–Kier alpha value is -0.650. The first-order chi connectivity index (χ1) is 16.0. The van der Waals surface area contributed by atoms with Gasteiger partial charge in [0.25, 0.3) is 0 Å². The van der Waals surface area contributed by atoms with Crippen molar-refractivity contribution in [2.75, 3.05) is 0 Å². The summed E-state index contributed by atoms with van der Waals surface area (Å²) < 4.78 is 35.5. The van der Waals surface area contributed by atoms with Crippen LogP contribution >= 0.6 is 0 Å². The summed E-state index contributed by atoms with van der Waals surface area (Å²) in [5.74, 6) is 0. The molecule has 0 heterocycles. The van der Waals surface area contributed by atoms with Gasteiger partial charge in [-0.2, -0.15) is 0 Å². The van der Waals surface area contributed by atoms with Crippen LogP contribution in [0, 0.1) is 0 Å². The van der Waals surface area contributed by atoms with Gasteiger partial charge in [0.15, 0.2) is 0 Å². The normalized spacial score (nSPS) is 11.4. The second-order valence-electron chi connectivity index (χ2n) is 9.31. The van der Waals surface area contributed by atoms with Crippen LogP contribution < -0.4 is 29.6 Å². The smallest absolute Gasteiger partial charge is 0.744 e. The van der Waals surface area contributed by atoms with E-state index in [9.17, 15) is 13.0 Å². The molecule has 0 aliphatic heterocycles. The molecule has 2 rings (SSSR count). The molecule has 0 aliphatic carbocycles. The standard InChI is InChI=1S/C29H44O3S.Na/c1-2-3-4-5-6-7-8-9-10-11-12-13-14-15-17-21-27-24-20-25-28(33(30,31)32)29(27)26-22-18-16-19-23-26;/h16,18-20,22-25H,2-15,17,21H2,1H3,(H,30,31,32);/q;+1/p-1. The zero-order valence-corrected chi connectivity index (χ0v) is 24.4. The summed E-state index contributed by atoms with van der Waals surface area (Å²) in [7, 11) is -4.51. The number of unbranched alkanes of at least 4 members (excludes halogenated alkanes) is 14. The van der Waals surface area contributed by atoms with Gasteiger partial charge < -0.3 is 4.55 Å². The molecule has 0 radical (unpaired) electrons. The van der Waals surface area contributed by atoms with Crippen LogP contribution in [0.1, 0.15) is 109 Å². The summed E-state index contributed by atoms with van der Waals surface area (Å²) in [6.45, 7) is 2.27. The van der Waals surface area contributed by atoms with Crippen molar-refractivity contribution >= 4 is 10.1 Å². The molecule has 0 atom stereocenters. The van der Waals surface area contributed by atoms with Crippen LogP contribution in [0.15, 0.2) is 53.4 Å². The Labute approximate surface area is 231 Å². The van der Waals surface area contributed by atoms with E-state index in [2.05, 4.69) is 6.92 Å². The predicted molar refractivity (Wildman–Crippen MR) is 138 cm³/mol. The van der Waals surface area contributed by atoms with Gasteiger partial charge in [0, 0.05) is 5.56 Å². The fourth-order valence-corrected chi connectivity index (χ4v) is 5.36. The Balaban J connectivity index is 0.00000578. The Morgan fingerprint density at radius 3 is 1.56 bits per heavy atom. The Kier molecular flexibility index (Phi) is 17.2. The first-order valence-corrected chi connectivity index (χ1v) is 14.6. The first-order valence-electron chi connectivity index (χ1n) is 13.2. The fourth-order valence-electron chi connectivity index (χ4n) is 4.61. The van der Waals surface area contributed by atoms with Gasteiger partial charge in [0.1, 0.15) is 10.1 Å². The molecule has 0 saturated heterocycles. The second kappa shape index (κ2) is 18.6. The molecule has 0 unspecified atom stereocenters. The topological polar surface area (TPSA) is 57.2 Å². The largest absolute Gasteiger partial charge is 1.00 e. The maximum atomic E-state index is 11.8. The maximum absolute atomic E-state index is 11.8. The zero-order chi connectivity index (χ0) is 23.8. The first kappa shape index (κ1) is 31.4. The van der Waals surface area contributed by atoms with Crippen LogP contribution in [0.4, 0.5) is 0 Å². The van der Waals surface area contributed by atoms with Gasteiger partial charge in [0.05, 0.1) is 4.90 Å². The molecule has 2 aromatic rings. The van der Waals surface area contributed by atoms with E-state index in [1.165, 1.54) is 89.5 Å². The third kappa shape index (κ3) is 12.4. The van der Waals surface area contributed by atoms with Crippen molar-refractivity contribution in [1.82, 2.24) is 0 Å². The molecule has 0 saturated carbocycles. The summed E-state index contributed by atoms with van der Waals surface area (Å²) in [5.41, 5.74) is 2.33. The second-order valence-corrected chi connectivity index (χ2v) is 10.7. The van der Waals surface area contributed by atoms with E-state index >= 15 is 0 Å². The summed E-state index contributed by atoms with van der Waals surface area (Å²) in [4.78, 5) is -0.104. The van der Waals surface area contributed by atoms with Crippen molar-refractivity contribution in [3.05, 3.63) is 54.1 Å². The van der Waals surface area contributed by atoms with E-state index in [4.69, 9.17) is 0 Å². The Bertz CT molecular complexity index is 882. The summed E-state index contributed by atoms with van der Waals surface area (Å²) in [6, 6.07) is 14.5. The number of hydrogen-bond acceptors (Lipinski definition) is 3. The van der Waals surface area contributed by atoms with E-state index in [-0.39, 0.29) is 34.5 Å². The van der Waals surface area contributed by atoms with E-state index in [1.807, 2.05) is 36.4 Å². The summed E-state index contributed by atoms with van der Waals surface area (Å²) >= 11 is 0. The van der Waals surface area contributed by atoms with Crippen molar-refractivity contribution in [3.63, 3.8) is 0 Å². The molecule has 0 N–H and O–H groups in total. The third-order valence-electron chi connectivity index (χ3n) is 6.49. The molecule has 0 bridgehead atoms. The molecule has 5 heteroatoms. The van der Waals surface area contributed by atoms with Crippen molar-refractivity contribution in [3.8, 4) is 11.1 Å². The van der Waals surface area contributed by atoms with Crippen LogP contribution in [0.5, 0.6) is 0 Å². The van der Waals surface area contributed by atoms with Crippen molar-refractivity contribution in [2.45, 2.75) is 115 Å². The number of benzene rings is 2. The van der Waals surface area contributed by atoms with Gasteiger partial charge in [-0.1, -0.05) is 139 Å². The van der Waals surface area contributed by atoms with Crippen LogP contribution in [0.3, 0.4) is 0 Å². The van der Waals surface area contributed by atoms with Crippen LogP contribution in [0.2, 0.25) is 0 Å². The molecule has 0 fully saturated rings. The monoisotopic (exact) mass is 494 g/mol. The van der Waals surface area contributed by atoms with Crippen LogP contribution in [-0.2, 0) is 16.5 Å². The van der Waals surface area contributed by atoms with Crippen molar-refractivity contribution in [2.24, 2.45) is 0 Å². The zero-order valence-electron chi connectivity index (χ0n) is 21.6. The number of hydrogen-bond donors (Lipinski definition) is 0. The third-order valence-corrected chi connectivity index (χ3v) is 7.37. The minimum absolute atomic E-state index is 0. The van der Waals surface area contributed by atoms with Crippen LogP contribution in [-0.4, -0.2) is 13.0 Å². The van der Waals surface area contributed by atoms with Crippen molar-refractivity contribution in [1.29, 1.82) is 0 Å². The molecular weight excluding hydrogens is 451 g/mol. The van der Waals surface area contributed by atoms with E-state index in [0.29, 0.717) is 5.56 Å². The Morgan fingerprint density at radius 2 is 1.09 bits per heavy atom. The molecule has 34 heavy (non-hydrogen) atoms. The number of rotatable bonds is 18. The molecule has 0 spiro atoms. The van der Waals surface area contributed by atoms with E-state index < -0.39 is 10.1 Å². The molecule has 0 amide bonds. The quantitative estimate of drug-likeness (QED) is 0.152. The van der Waals surface area contributed by atoms with Gasteiger partial charge in [-0.3, -0.25) is 0 Å². The molecular formula is C29H43NaO3S. The van der Waals surface area contributed by atoms with Gasteiger partial charge >= 0.3 is 29.6 Å². The fraction of sp³-hybridized carbons (Fsp3) is 0.586. The maximum Gasteiger partial charge on any atom is 1.00 e. The number of aryl methyl sites for hydroxylation is 1. The molecule has 0 aliphatic rings. The minimum atomic E-state index is -4.51. The Morgan fingerprint density at radius 1 is 0.618 bits per heavy atom.